The molecule has 25 heavy (non-hydrogen) atoms. The van der Waals surface area contributed by atoms with Crippen LogP contribution in [0.2, 0.25) is 0 Å². The first-order valence-corrected chi connectivity index (χ1v) is 8.39. The number of thioether (sulfide) groups is 1. The van der Waals surface area contributed by atoms with Gasteiger partial charge in [-0.25, -0.2) is 0 Å². The first kappa shape index (κ1) is 19.1. The van der Waals surface area contributed by atoms with Crippen molar-refractivity contribution in [3.05, 3.63) is 41.5 Å². The predicted octanol–water partition coefficient (Wildman–Crippen LogP) is 2.87. The van der Waals surface area contributed by atoms with Gasteiger partial charge >= 0.3 is 6.18 Å². The Balaban J connectivity index is 1.71. The Morgan fingerprint density at radius 2 is 2.20 bits per heavy atom. The topological polar surface area (TPSA) is 77.2 Å². The molecule has 136 valence electrons. The number of halogens is 3. The Morgan fingerprint density at radius 3 is 2.88 bits per heavy atom. The number of benzene rings is 1. The average molecular weight is 375 g/mol. The quantitative estimate of drug-likeness (QED) is 0.765. The van der Waals surface area contributed by atoms with Gasteiger partial charge in [0, 0.05) is 13.5 Å². The number of hydrogen-bond acceptors (Lipinski definition) is 6. The van der Waals surface area contributed by atoms with Crippen LogP contribution in [0.3, 0.4) is 0 Å². The molecule has 0 bridgehead atoms. The summed E-state index contributed by atoms with van der Waals surface area (Å²) >= 11 is 1.33. The molecule has 0 radical (unpaired) electrons. The van der Waals surface area contributed by atoms with Gasteiger partial charge in [-0.2, -0.15) is 18.2 Å². The summed E-state index contributed by atoms with van der Waals surface area (Å²) in [6.07, 6.45) is -4.39. The van der Waals surface area contributed by atoms with Crippen LogP contribution in [-0.4, -0.2) is 34.6 Å². The van der Waals surface area contributed by atoms with Gasteiger partial charge in [0.2, 0.25) is 11.8 Å². The van der Waals surface area contributed by atoms with E-state index in [0.717, 1.165) is 0 Å². The molecule has 2 aromatic rings. The van der Waals surface area contributed by atoms with E-state index in [9.17, 15) is 18.0 Å². The van der Waals surface area contributed by atoms with Crippen molar-refractivity contribution in [1.29, 1.82) is 0 Å². The maximum Gasteiger partial charge on any atom is 0.422 e. The molecular weight excluding hydrogens is 359 g/mol. The second-order valence-corrected chi connectivity index (χ2v) is 6.04. The van der Waals surface area contributed by atoms with Crippen molar-refractivity contribution in [2.24, 2.45) is 0 Å². The zero-order valence-electron chi connectivity index (χ0n) is 13.3. The maximum atomic E-state index is 12.1. The fourth-order valence-electron chi connectivity index (χ4n) is 1.80. The maximum absolute atomic E-state index is 12.1. The minimum Gasteiger partial charge on any atom is -0.484 e. The smallest absolute Gasteiger partial charge is 0.422 e. The van der Waals surface area contributed by atoms with E-state index >= 15 is 0 Å². The molecule has 2 rings (SSSR count). The van der Waals surface area contributed by atoms with E-state index in [-0.39, 0.29) is 24.0 Å². The number of amides is 1. The first-order valence-electron chi connectivity index (χ1n) is 7.24. The monoisotopic (exact) mass is 375 g/mol. The van der Waals surface area contributed by atoms with E-state index < -0.39 is 12.8 Å². The Hall–Kier alpha value is -2.23. The van der Waals surface area contributed by atoms with Crippen LogP contribution >= 0.6 is 11.8 Å². The first-order chi connectivity index (χ1) is 11.8. The third kappa shape index (κ3) is 7.46. The highest BCUT2D eigenvalue weighted by molar-refractivity contribution is 7.99. The van der Waals surface area contributed by atoms with Gasteiger partial charge in [0.1, 0.15) is 5.75 Å². The predicted molar refractivity (Wildman–Crippen MR) is 85.0 cm³/mol. The highest BCUT2D eigenvalue weighted by Crippen LogP contribution is 2.19. The van der Waals surface area contributed by atoms with Gasteiger partial charge in [-0.05, 0) is 17.7 Å². The lowest BCUT2D eigenvalue weighted by molar-refractivity contribution is -0.153. The molecule has 10 heteroatoms. The van der Waals surface area contributed by atoms with Gasteiger partial charge in [-0.3, -0.25) is 4.79 Å². The van der Waals surface area contributed by atoms with Gasteiger partial charge in [0.05, 0.1) is 11.5 Å². The SMILES string of the molecule is Cc1nc(CSCC(=O)NCc2cccc(OCC(F)(F)F)c2)no1. The van der Waals surface area contributed by atoms with Crippen LogP contribution in [0.15, 0.2) is 28.8 Å². The highest BCUT2D eigenvalue weighted by Gasteiger charge is 2.28. The zero-order chi connectivity index (χ0) is 18.3. The fraction of sp³-hybridized carbons (Fsp3) is 0.400. The molecule has 0 aliphatic heterocycles. The molecular formula is C15H16F3N3O3S. The largest absolute Gasteiger partial charge is 0.484 e. The lowest BCUT2D eigenvalue weighted by Crippen LogP contribution is -2.24. The van der Waals surface area contributed by atoms with Crippen LogP contribution < -0.4 is 10.1 Å². The van der Waals surface area contributed by atoms with E-state index in [1.165, 1.54) is 23.9 Å². The van der Waals surface area contributed by atoms with Crippen LogP contribution in [0.4, 0.5) is 13.2 Å². The fourth-order valence-corrected chi connectivity index (χ4v) is 2.49. The van der Waals surface area contributed by atoms with Gasteiger partial charge in [0.25, 0.3) is 0 Å². The van der Waals surface area contributed by atoms with Gasteiger partial charge in [-0.15, -0.1) is 11.8 Å². The Labute approximate surface area is 146 Å². The van der Waals surface area contributed by atoms with Crippen molar-refractivity contribution in [3.8, 4) is 5.75 Å². The molecule has 0 spiro atoms. The van der Waals surface area contributed by atoms with Crippen molar-refractivity contribution in [2.45, 2.75) is 25.4 Å². The van der Waals surface area contributed by atoms with E-state index in [2.05, 4.69) is 20.2 Å². The number of carbonyl (C=O) groups is 1. The van der Waals surface area contributed by atoms with Crippen molar-refractivity contribution in [1.82, 2.24) is 15.5 Å². The molecule has 0 saturated heterocycles. The van der Waals surface area contributed by atoms with E-state index in [1.54, 1.807) is 19.1 Å². The number of nitrogens with one attached hydrogen (secondary N) is 1. The summed E-state index contributed by atoms with van der Waals surface area (Å²) in [4.78, 5) is 15.8. The van der Waals surface area contributed by atoms with Crippen molar-refractivity contribution < 1.29 is 27.2 Å². The molecule has 6 nitrogen and oxygen atoms in total. The number of nitrogens with zero attached hydrogens (tertiary/aromatic N) is 2. The molecule has 1 amide bonds. The summed E-state index contributed by atoms with van der Waals surface area (Å²) < 4.78 is 45.9. The molecule has 1 aromatic carbocycles. The molecule has 1 heterocycles. The third-order valence-corrected chi connectivity index (χ3v) is 3.75. The third-order valence-electron chi connectivity index (χ3n) is 2.82. The average Bonchev–Trinajstić information content (AvgIpc) is 2.96. The Kier molecular flexibility index (Phi) is 6.68. The second-order valence-electron chi connectivity index (χ2n) is 5.05. The molecule has 0 aliphatic carbocycles. The zero-order valence-corrected chi connectivity index (χ0v) is 14.1. The van der Waals surface area contributed by atoms with Crippen LogP contribution in [0, 0.1) is 6.92 Å². The molecule has 0 aliphatic rings. The standard InChI is InChI=1S/C15H16F3N3O3S/c1-10-20-13(21-24-10)7-25-8-14(22)19-6-11-3-2-4-12(5-11)23-9-15(16,17)18/h2-5H,6-9H2,1H3,(H,19,22). The normalized spacial score (nSPS) is 11.4. The molecule has 0 unspecified atom stereocenters. The minimum absolute atomic E-state index is 0.103. The summed E-state index contributed by atoms with van der Waals surface area (Å²) in [7, 11) is 0. The molecule has 1 aromatic heterocycles. The van der Waals surface area contributed by atoms with Crippen molar-refractivity contribution in [3.63, 3.8) is 0 Å². The van der Waals surface area contributed by atoms with Gasteiger partial charge < -0.3 is 14.6 Å². The summed E-state index contributed by atoms with van der Waals surface area (Å²) in [5.41, 5.74) is 0.645. The van der Waals surface area contributed by atoms with Crippen molar-refractivity contribution >= 4 is 17.7 Å². The molecule has 0 saturated carbocycles. The van der Waals surface area contributed by atoms with Gasteiger partial charge in [0.15, 0.2) is 12.4 Å². The second kappa shape index (κ2) is 8.75. The molecule has 0 fully saturated rings. The summed E-state index contributed by atoms with van der Waals surface area (Å²) in [5.74, 6) is 1.54. The number of alkyl halides is 3. The van der Waals surface area contributed by atoms with E-state index in [0.29, 0.717) is 23.0 Å². The number of rotatable bonds is 8. The number of hydrogen-bond donors (Lipinski definition) is 1. The van der Waals surface area contributed by atoms with Crippen LogP contribution in [0.1, 0.15) is 17.3 Å². The van der Waals surface area contributed by atoms with E-state index in [1.807, 2.05) is 0 Å². The lowest BCUT2D eigenvalue weighted by atomic mass is 10.2. The lowest BCUT2D eigenvalue weighted by Gasteiger charge is -2.10. The minimum atomic E-state index is -4.39. The van der Waals surface area contributed by atoms with Gasteiger partial charge in [-0.1, -0.05) is 17.3 Å². The molecule has 1 N–H and O–H groups in total. The van der Waals surface area contributed by atoms with Crippen LogP contribution in [0.25, 0.3) is 0 Å². The molecule has 0 atom stereocenters. The summed E-state index contributed by atoms with van der Waals surface area (Å²) in [5, 5.41) is 6.41. The number of ether oxygens (including phenoxy) is 1. The number of carbonyl (C=O) groups excluding carboxylic acids is 1. The number of aromatic nitrogens is 2. The van der Waals surface area contributed by atoms with E-state index in [4.69, 9.17) is 4.52 Å². The summed E-state index contributed by atoms with van der Waals surface area (Å²) in [6.45, 7) is 0.527. The Bertz CT molecular complexity index is 707. The Morgan fingerprint density at radius 1 is 1.40 bits per heavy atom. The van der Waals surface area contributed by atoms with Crippen LogP contribution in [-0.2, 0) is 17.1 Å². The summed E-state index contributed by atoms with van der Waals surface area (Å²) in [6, 6.07) is 6.15. The van der Waals surface area contributed by atoms with Crippen LogP contribution in [0.5, 0.6) is 5.75 Å². The highest BCUT2D eigenvalue weighted by atomic mass is 32.2. The number of aryl methyl sites for hydroxylation is 1. The van der Waals surface area contributed by atoms with Crippen molar-refractivity contribution in [2.75, 3.05) is 12.4 Å².